The van der Waals surface area contributed by atoms with Crippen LogP contribution in [-0.2, 0) is 11.2 Å². The maximum absolute atomic E-state index is 12.0. The number of aromatic hydroxyl groups is 1. The summed E-state index contributed by atoms with van der Waals surface area (Å²) < 4.78 is 6.01. The molecule has 0 aliphatic carbocycles. The van der Waals surface area contributed by atoms with Gasteiger partial charge in [0.2, 0.25) is 5.91 Å². The second-order valence-corrected chi connectivity index (χ2v) is 5.97. The van der Waals surface area contributed by atoms with Crippen molar-refractivity contribution < 1.29 is 14.6 Å². The number of nitrogens with one attached hydrogen (secondary N) is 1. The average Bonchev–Trinajstić information content (AvgIpc) is 2.49. The van der Waals surface area contributed by atoms with E-state index in [-0.39, 0.29) is 11.7 Å². The van der Waals surface area contributed by atoms with E-state index < -0.39 is 0 Å². The lowest BCUT2D eigenvalue weighted by molar-refractivity contribution is -0.116. The maximum atomic E-state index is 12.0. The van der Waals surface area contributed by atoms with Crippen LogP contribution in [0.4, 0.5) is 5.69 Å². The maximum Gasteiger partial charge on any atom is 0.224 e. The van der Waals surface area contributed by atoms with Gasteiger partial charge in [0, 0.05) is 11.4 Å². The molecular formula is C16H15BrClNO3. The molecule has 2 N–H and O–H groups in total. The Kier molecular flexibility index (Phi) is 5.69. The van der Waals surface area contributed by atoms with E-state index in [4.69, 9.17) is 16.3 Å². The van der Waals surface area contributed by atoms with E-state index in [1.165, 1.54) is 12.1 Å². The number of phenols is 1. The first-order valence-electron chi connectivity index (χ1n) is 6.60. The van der Waals surface area contributed by atoms with E-state index >= 15 is 0 Å². The topological polar surface area (TPSA) is 58.6 Å². The number of hydrogen-bond acceptors (Lipinski definition) is 3. The number of methoxy groups -OCH3 is 1. The number of amides is 1. The van der Waals surface area contributed by atoms with Crippen molar-refractivity contribution in [3.05, 3.63) is 51.5 Å². The number of rotatable bonds is 5. The standard InChI is InChI=1S/C16H15BrClNO3/c1-22-15-6-2-10(8-12(15)17)3-7-16(21)19-13-9-11(18)4-5-14(13)20/h2,4-6,8-9,20H,3,7H2,1H3,(H,19,21). The monoisotopic (exact) mass is 383 g/mol. The minimum absolute atomic E-state index is 0.00931. The molecule has 0 spiro atoms. The number of ether oxygens (including phenoxy) is 1. The Morgan fingerprint density at radius 1 is 1.32 bits per heavy atom. The molecule has 0 radical (unpaired) electrons. The molecule has 0 unspecified atom stereocenters. The van der Waals surface area contributed by atoms with Crippen molar-refractivity contribution in [2.24, 2.45) is 0 Å². The molecule has 0 fully saturated rings. The van der Waals surface area contributed by atoms with Crippen LogP contribution < -0.4 is 10.1 Å². The highest BCUT2D eigenvalue weighted by Gasteiger charge is 2.08. The molecule has 22 heavy (non-hydrogen) atoms. The van der Waals surface area contributed by atoms with Gasteiger partial charge in [-0.2, -0.15) is 0 Å². The van der Waals surface area contributed by atoms with Crippen molar-refractivity contribution in [3.8, 4) is 11.5 Å². The smallest absolute Gasteiger partial charge is 0.224 e. The molecule has 4 nitrogen and oxygen atoms in total. The number of phenolic OH excluding ortho intramolecular Hbond substituents is 1. The summed E-state index contributed by atoms with van der Waals surface area (Å²) in [6, 6.07) is 10.2. The molecular weight excluding hydrogens is 370 g/mol. The second kappa shape index (κ2) is 7.51. The molecule has 0 aliphatic heterocycles. The lowest BCUT2D eigenvalue weighted by Gasteiger charge is -2.09. The van der Waals surface area contributed by atoms with Gasteiger partial charge in [0.25, 0.3) is 0 Å². The zero-order valence-corrected chi connectivity index (χ0v) is 14.2. The summed E-state index contributed by atoms with van der Waals surface area (Å²) in [6.07, 6.45) is 0.875. The first-order chi connectivity index (χ1) is 10.5. The molecule has 116 valence electrons. The van der Waals surface area contributed by atoms with Crippen LogP contribution in [0.3, 0.4) is 0 Å². The van der Waals surface area contributed by atoms with Gasteiger partial charge >= 0.3 is 0 Å². The fraction of sp³-hybridized carbons (Fsp3) is 0.188. The molecule has 0 saturated heterocycles. The van der Waals surface area contributed by atoms with Crippen LogP contribution in [0.5, 0.6) is 11.5 Å². The van der Waals surface area contributed by atoms with Crippen LogP contribution in [0, 0.1) is 0 Å². The Bertz CT molecular complexity index is 691. The fourth-order valence-electron chi connectivity index (χ4n) is 1.94. The number of carbonyl (C=O) groups is 1. The fourth-order valence-corrected chi connectivity index (χ4v) is 2.70. The highest BCUT2D eigenvalue weighted by Crippen LogP contribution is 2.27. The van der Waals surface area contributed by atoms with Crippen molar-refractivity contribution in [2.45, 2.75) is 12.8 Å². The summed E-state index contributed by atoms with van der Waals surface area (Å²) in [5.74, 6) is 0.548. The highest BCUT2D eigenvalue weighted by atomic mass is 79.9. The largest absolute Gasteiger partial charge is 0.506 e. The van der Waals surface area contributed by atoms with Crippen LogP contribution in [0.2, 0.25) is 5.02 Å². The lowest BCUT2D eigenvalue weighted by Crippen LogP contribution is -2.12. The van der Waals surface area contributed by atoms with Gasteiger partial charge in [0.15, 0.2) is 0 Å². The first kappa shape index (κ1) is 16.6. The van der Waals surface area contributed by atoms with Crippen LogP contribution in [0.15, 0.2) is 40.9 Å². The van der Waals surface area contributed by atoms with Crippen molar-refractivity contribution in [3.63, 3.8) is 0 Å². The number of benzene rings is 2. The molecule has 0 aromatic heterocycles. The van der Waals surface area contributed by atoms with Crippen molar-refractivity contribution in [2.75, 3.05) is 12.4 Å². The van der Waals surface area contributed by atoms with E-state index in [0.717, 1.165) is 15.8 Å². The summed E-state index contributed by atoms with van der Waals surface area (Å²) >= 11 is 9.25. The molecule has 2 aromatic carbocycles. The number of anilines is 1. The van der Waals surface area contributed by atoms with Crippen LogP contribution >= 0.6 is 27.5 Å². The van der Waals surface area contributed by atoms with E-state index in [9.17, 15) is 9.90 Å². The third kappa shape index (κ3) is 4.39. The Morgan fingerprint density at radius 3 is 2.77 bits per heavy atom. The van der Waals surface area contributed by atoms with Crippen LogP contribution in [0.1, 0.15) is 12.0 Å². The van der Waals surface area contributed by atoms with Gasteiger partial charge in [0.1, 0.15) is 11.5 Å². The number of aryl methyl sites for hydroxylation is 1. The lowest BCUT2D eigenvalue weighted by atomic mass is 10.1. The first-order valence-corrected chi connectivity index (χ1v) is 7.77. The summed E-state index contributed by atoms with van der Waals surface area (Å²) in [4.78, 5) is 12.0. The molecule has 2 aromatic rings. The Balaban J connectivity index is 1.95. The van der Waals surface area contributed by atoms with Crippen molar-refractivity contribution in [1.29, 1.82) is 0 Å². The van der Waals surface area contributed by atoms with E-state index in [2.05, 4.69) is 21.2 Å². The van der Waals surface area contributed by atoms with Gasteiger partial charge in [-0.3, -0.25) is 4.79 Å². The van der Waals surface area contributed by atoms with Gasteiger partial charge in [-0.15, -0.1) is 0 Å². The van der Waals surface area contributed by atoms with Gasteiger partial charge in [0.05, 0.1) is 17.3 Å². The van der Waals surface area contributed by atoms with Gasteiger partial charge in [-0.25, -0.2) is 0 Å². The molecule has 0 aliphatic rings. The predicted octanol–water partition coefficient (Wildman–Crippen LogP) is 4.39. The van der Waals surface area contributed by atoms with Gasteiger partial charge in [-0.1, -0.05) is 17.7 Å². The molecule has 1 amide bonds. The number of hydrogen-bond donors (Lipinski definition) is 2. The van der Waals surface area contributed by atoms with Gasteiger partial charge in [-0.05, 0) is 58.2 Å². The predicted molar refractivity (Wildman–Crippen MR) is 90.8 cm³/mol. The quantitative estimate of drug-likeness (QED) is 0.752. The highest BCUT2D eigenvalue weighted by molar-refractivity contribution is 9.10. The normalized spacial score (nSPS) is 10.3. The molecule has 2 rings (SSSR count). The summed E-state index contributed by atoms with van der Waals surface area (Å²) in [5, 5.41) is 12.8. The number of carbonyl (C=O) groups excluding carboxylic acids is 1. The van der Waals surface area contributed by atoms with E-state index in [0.29, 0.717) is 23.6 Å². The third-order valence-electron chi connectivity index (χ3n) is 3.09. The molecule has 0 heterocycles. The average molecular weight is 385 g/mol. The molecule has 6 heteroatoms. The Hall–Kier alpha value is -1.72. The summed E-state index contributed by atoms with van der Waals surface area (Å²) in [7, 11) is 1.60. The van der Waals surface area contributed by atoms with Crippen LogP contribution in [-0.4, -0.2) is 18.1 Å². The number of halogens is 2. The van der Waals surface area contributed by atoms with Gasteiger partial charge < -0.3 is 15.2 Å². The van der Waals surface area contributed by atoms with E-state index in [1.54, 1.807) is 13.2 Å². The van der Waals surface area contributed by atoms with E-state index in [1.807, 2.05) is 18.2 Å². The SMILES string of the molecule is COc1ccc(CCC(=O)Nc2cc(Cl)ccc2O)cc1Br. The molecule has 0 atom stereocenters. The minimum atomic E-state index is -0.190. The third-order valence-corrected chi connectivity index (χ3v) is 3.94. The molecule has 0 bridgehead atoms. The second-order valence-electron chi connectivity index (χ2n) is 4.68. The van der Waals surface area contributed by atoms with Crippen LogP contribution in [0.25, 0.3) is 0 Å². The zero-order valence-electron chi connectivity index (χ0n) is 11.9. The minimum Gasteiger partial charge on any atom is -0.506 e. The van der Waals surface area contributed by atoms with Crippen molar-refractivity contribution in [1.82, 2.24) is 0 Å². The zero-order chi connectivity index (χ0) is 16.1. The Labute approximate surface area is 142 Å². The summed E-state index contributed by atoms with van der Waals surface area (Å²) in [5.41, 5.74) is 1.33. The summed E-state index contributed by atoms with van der Waals surface area (Å²) in [6.45, 7) is 0. The van der Waals surface area contributed by atoms with Crippen molar-refractivity contribution >= 4 is 39.1 Å². The Morgan fingerprint density at radius 2 is 2.09 bits per heavy atom. The molecule has 0 saturated carbocycles.